The summed E-state index contributed by atoms with van der Waals surface area (Å²) in [6.45, 7) is 1.39. The number of nitrogens with zero attached hydrogens (tertiary/aromatic N) is 1. The summed E-state index contributed by atoms with van der Waals surface area (Å²) in [5, 5.41) is 0.779. The SMILES string of the molecule is NCC1OC=CN1CCc1cccc(Cl)c1. The lowest BCUT2D eigenvalue weighted by Crippen LogP contribution is -2.36. The van der Waals surface area contributed by atoms with E-state index < -0.39 is 0 Å². The highest BCUT2D eigenvalue weighted by molar-refractivity contribution is 6.30. The van der Waals surface area contributed by atoms with E-state index in [0.717, 1.165) is 18.0 Å². The molecular weight excluding hydrogens is 224 g/mol. The quantitative estimate of drug-likeness (QED) is 0.872. The van der Waals surface area contributed by atoms with Crippen molar-refractivity contribution in [2.45, 2.75) is 12.6 Å². The van der Waals surface area contributed by atoms with Crippen molar-refractivity contribution in [2.75, 3.05) is 13.1 Å². The normalized spacial score (nSPS) is 18.9. The van der Waals surface area contributed by atoms with Crippen molar-refractivity contribution in [1.82, 2.24) is 4.90 Å². The minimum absolute atomic E-state index is 0.0146. The molecule has 0 radical (unpaired) electrons. The molecule has 1 atom stereocenters. The van der Waals surface area contributed by atoms with Crippen LogP contribution in [0.4, 0.5) is 0 Å². The third-order valence-corrected chi connectivity index (χ3v) is 2.84. The first-order chi connectivity index (χ1) is 7.79. The Morgan fingerprint density at radius 2 is 2.31 bits per heavy atom. The Labute approximate surface area is 100 Å². The Hall–Kier alpha value is -1.19. The first kappa shape index (κ1) is 11.3. The Morgan fingerprint density at radius 3 is 3.06 bits per heavy atom. The van der Waals surface area contributed by atoms with E-state index in [1.807, 2.05) is 24.4 Å². The van der Waals surface area contributed by atoms with Gasteiger partial charge >= 0.3 is 0 Å². The van der Waals surface area contributed by atoms with Crippen LogP contribution in [0.2, 0.25) is 5.02 Å². The highest BCUT2D eigenvalue weighted by atomic mass is 35.5. The molecule has 0 fully saturated rings. The molecular formula is C12H15ClN2O. The summed E-state index contributed by atoms with van der Waals surface area (Å²) in [6.07, 6.45) is 4.54. The lowest BCUT2D eigenvalue weighted by Gasteiger charge is -2.22. The molecule has 4 heteroatoms. The van der Waals surface area contributed by atoms with Gasteiger partial charge in [0.05, 0.1) is 0 Å². The Balaban J connectivity index is 1.89. The fourth-order valence-electron chi connectivity index (χ4n) is 1.74. The van der Waals surface area contributed by atoms with Gasteiger partial charge in [-0.2, -0.15) is 0 Å². The average molecular weight is 239 g/mol. The van der Waals surface area contributed by atoms with Gasteiger partial charge in [0.15, 0.2) is 6.23 Å². The van der Waals surface area contributed by atoms with Gasteiger partial charge in [0.2, 0.25) is 0 Å². The fraction of sp³-hybridized carbons (Fsp3) is 0.333. The van der Waals surface area contributed by atoms with Gasteiger partial charge in [0, 0.05) is 24.3 Å². The fourth-order valence-corrected chi connectivity index (χ4v) is 1.95. The summed E-state index contributed by atoms with van der Waals surface area (Å²) in [7, 11) is 0. The number of rotatable bonds is 4. The summed E-state index contributed by atoms with van der Waals surface area (Å²) < 4.78 is 5.32. The lowest BCUT2D eigenvalue weighted by atomic mass is 10.1. The lowest BCUT2D eigenvalue weighted by molar-refractivity contribution is 0.0661. The molecule has 0 spiro atoms. The third-order valence-electron chi connectivity index (χ3n) is 2.61. The Bertz CT molecular complexity index is 381. The highest BCUT2D eigenvalue weighted by Crippen LogP contribution is 2.14. The van der Waals surface area contributed by atoms with E-state index in [1.165, 1.54) is 5.56 Å². The maximum absolute atomic E-state index is 5.92. The molecule has 1 unspecified atom stereocenters. The molecule has 1 aromatic rings. The van der Waals surface area contributed by atoms with Gasteiger partial charge < -0.3 is 15.4 Å². The molecule has 0 amide bonds. The molecule has 16 heavy (non-hydrogen) atoms. The number of hydrogen-bond acceptors (Lipinski definition) is 3. The van der Waals surface area contributed by atoms with Crippen molar-refractivity contribution >= 4 is 11.6 Å². The minimum atomic E-state index is -0.0146. The van der Waals surface area contributed by atoms with Crippen molar-refractivity contribution < 1.29 is 4.74 Å². The second-order valence-electron chi connectivity index (χ2n) is 3.73. The Kier molecular flexibility index (Phi) is 3.70. The van der Waals surface area contributed by atoms with E-state index in [0.29, 0.717) is 6.54 Å². The molecule has 0 saturated heterocycles. The maximum atomic E-state index is 5.92. The van der Waals surface area contributed by atoms with Crippen LogP contribution in [0.1, 0.15) is 5.56 Å². The molecule has 2 rings (SSSR count). The molecule has 3 nitrogen and oxygen atoms in total. The van der Waals surface area contributed by atoms with Gasteiger partial charge in [-0.1, -0.05) is 23.7 Å². The molecule has 1 aliphatic rings. The molecule has 1 aliphatic heterocycles. The molecule has 0 aromatic heterocycles. The standard InChI is InChI=1S/C12H15ClN2O/c13-11-3-1-2-10(8-11)4-5-15-6-7-16-12(15)9-14/h1-3,6-8,12H,4-5,9,14H2. The summed E-state index contributed by atoms with van der Waals surface area (Å²) >= 11 is 5.92. The summed E-state index contributed by atoms with van der Waals surface area (Å²) in [4.78, 5) is 2.10. The summed E-state index contributed by atoms with van der Waals surface area (Å²) in [5.74, 6) is 0. The zero-order valence-corrected chi connectivity index (χ0v) is 9.73. The van der Waals surface area contributed by atoms with Crippen molar-refractivity contribution in [3.63, 3.8) is 0 Å². The van der Waals surface area contributed by atoms with Gasteiger partial charge in [-0.05, 0) is 24.1 Å². The van der Waals surface area contributed by atoms with E-state index in [-0.39, 0.29) is 6.23 Å². The molecule has 86 valence electrons. The van der Waals surface area contributed by atoms with Crippen molar-refractivity contribution in [1.29, 1.82) is 0 Å². The van der Waals surface area contributed by atoms with Crippen molar-refractivity contribution in [2.24, 2.45) is 5.73 Å². The number of nitrogens with two attached hydrogens (primary N) is 1. The van der Waals surface area contributed by atoms with Gasteiger partial charge in [-0.25, -0.2) is 0 Å². The van der Waals surface area contributed by atoms with E-state index in [2.05, 4.69) is 11.0 Å². The first-order valence-electron chi connectivity index (χ1n) is 5.32. The smallest absolute Gasteiger partial charge is 0.183 e. The molecule has 1 aromatic carbocycles. The van der Waals surface area contributed by atoms with Crippen molar-refractivity contribution in [3.8, 4) is 0 Å². The van der Waals surface area contributed by atoms with Crippen LogP contribution in [-0.4, -0.2) is 24.2 Å². The predicted molar refractivity (Wildman–Crippen MR) is 64.9 cm³/mol. The molecule has 0 aliphatic carbocycles. The molecule has 0 saturated carbocycles. The van der Waals surface area contributed by atoms with Crippen LogP contribution in [-0.2, 0) is 11.2 Å². The van der Waals surface area contributed by atoms with Crippen LogP contribution in [0, 0.1) is 0 Å². The first-order valence-corrected chi connectivity index (χ1v) is 5.70. The van der Waals surface area contributed by atoms with Crippen LogP contribution in [0.3, 0.4) is 0 Å². The second-order valence-corrected chi connectivity index (χ2v) is 4.17. The largest absolute Gasteiger partial charge is 0.475 e. The predicted octanol–water partition coefficient (Wildman–Crippen LogP) is 1.97. The summed E-state index contributed by atoms with van der Waals surface area (Å²) in [5.41, 5.74) is 6.82. The zero-order valence-electron chi connectivity index (χ0n) is 8.97. The van der Waals surface area contributed by atoms with E-state index in [9.17, 15) is 0 Å². The van der Waals surface area contributed by atoms with Crippen LogP contribution in [0.25, 0.3) is 0 Å². The van der Waals surface area contributed by atoms with E-state index in [4.69, 9.17) is 22.1 Å². The maximum Gasteiger partial charge on any atom is 0.183 e. The molecule has 0 bridgehead atoms. The van der Waals surface area contributed by atoms with Gasteiger partial charge in [-0.3, -0.25) is 0 Å². The number of ether oxygens (including phenoxy) is 1. The Morgan fingerprint density at radius 1 is 1.44 bits per heavy atom. The van der Waals surface area contributed by atoms with Crippen LogP contribution in [0.15, 0.2) is 36.7 Å². The van der Waals surface area contributed by atoms with E-state index >= 15 is 0 Å². The molecule has 2 N–H and O–H groups in total. The zero-order chi connectivity index (χ0) is 11.4. The topological polar surface area (TPSA) is 38.5 Å². The van der Waals surface area contributed by atoms with Crippen LogP contribution < -0.4 is 5.73 Å². The second kappa shape index (κ2) is 5.23. The van der Waals surface area contributed by atoms with Gasteiger partial charge in [0.25, 0.3) is 0 Å². The summed E-state index contributed by atoms with van der Waals surface area (Å²) in [6, 6.07) is 7.91. The van der Waals surface area contributed by atoms with E-state index in [1.54, 1.807) is 6.26 Å². The van der Waals surface area contributed by atoms with Crippen LogP contribution in [0.5, 0.6) is 0 Å². The minimum Gasteiger partial charge on any atom is -0.475 e. The number of halogens is 1. The van der Waals surface area contributed by atoms with Crippen molar-refractivity contribution in [3.05, 3.63) is 47.3 Å². The average Bonchev–Trinajstić information content (AvgIpc) is 2.74. The number of hydrogen-bond donors (Lipinski definition) is 1. The monoisotopic (exact) mass is 238 g/mol. The third kappa shape index (κ3) is 2.68. The van der Waals surface area contributed by atoms with Gasteiger partial charge in [0.1, 0.15) is 6.26 Å². The van der Waals surface area contributed by atoms with Gasteiger partial charge in [-0.15, -0.1) is 0 Å². The molecule has 1 heterocycles. The van der Waals surface area contributed by atoms with Crippen LogP contribution >= 0.6 is 11.6 Å². The number of benzene rings is 1. The highest BCUT2D eigenvalue weighted by Gasteiger charge is 2.17.